The minimum absolute atomic E-state index is 0.129. The molecule has 0 spiro atoms. The first kappa shape index (κ1) is 11.4. The van der Waals surface area contributed by atoms with Crippen LogP contribution in [0.15, 0.2) is 18.2 Å². The molecule has 0 saturated carbocycles. The Morgan fingerprint density at radius 1 is 1.56 bits per heavy atom. The van der Waals surface area contributed by atoms with Gasteiger partial charge < -0.3 is 10.5 Å². The molecule has 1 aromatic rings. The van der Waals surface area contributed by atoms with Crippen molar-refractivity contribution in [2.24, 2.45) is 5.73 Å². The van der Waals surface area contributed by atoms with Crippen LogP contribution in [-0.2, 0) is 0 Å². The van der Waals surface area contributed by atoms with Crippen LogP contribution in [0.5, 0.6) is 5.75 Å². The van der Waals surface area contributed by atoms with Crippen molar-refractivity contribution in [3.05, 3.63) is 29.6 Å². The van der Waals surface area contributed by atoms with Crippen molar-refractivity contribution in [2.45, 2.75) is 44.8 Å². The van der Waals surface area contributed by atoms with Gasteiger partial charge in [0.2, 0.25) is 0 Å². The van der Waals surface area contributed by atoms with E-state index in [2.05, 4.69) is 13.8 Å². The van der Waals surface area contributed by atoms with Crippen LogP contribution in [-0.4, -0.2) is 5.60 Å². The molecule has 2 atom stereocenters. The highest BCUT2D eigenvalue weighted by atomic mass is 19.1. The summed E-state index contributed by atoms with van der Waals surface area (Å²) in [5.41, 5.74) is 6.65. The Morgan fingerprint density at radius 3 is 3.00 bits per heavy atom. The zero-order valence-electron chi connectivity index (χ0n) is 9.79. The molecule has 1 aliphatic rings. The van der Waals surface area contributed by atoms with E-state index in [1.54, 1.807) is 6.07 Å². The third kappa shape index (κ3) is 2.05. The summed E-state index contributed by atoms with van der Waals surface area (Å²) in [5, 5.41) is 0. The normalized spacial score (nSPS) is 28.4. The topological polar surface area (TPSA) is 35.2 Å². The number of fused-ring (bicyclic) bond motifs is 1. The fourth-order valence-corrected chi connectivity index (χ4v) is 2.47. The molecule has 2 rings (SSSR count). The summed E-state index contributed by atoms with van der Waals surface area (Å²) in [7, 11) is 0. The van der Waals surface area contributed by atoms with Crippen molar-refractivity contribution in [1.82, 2.24) is 0 Å². The first-order chi connectivity index (χ1) is 7.54. The van der Waals surface area contributed by atoms with E-state index in [0.29, 0.717) is 0 Å². The highest BCUT2D eigenvalue weighted by Gasteiger charge is 2.35. The molecule has 0 aromatic heterocycles. The maximum atomic E-state index is 13.1. The van der Waals surface area contributed by atoms with Crippen molar-refractivity contribution in [3.63, 3.8) is 0 Å². The molecule has 0 saturated heterocycles. The Bertz CT molecular complexity index is 394. The maximum Gasteiger partial charge on any atom is 0.125 e. The Hall–Kier alpha value is -1.09. The van der Waals surface area contributed by atoms with E-state index in [1.807, 2.05) is 0 Å². The first-order valence-electron chi connectivity index (χ1n) is 5.78. The van der Waals surface area contributed by atoms with Gasteiger partial charge in [0.15, 0.2) is 0 Å². The maximum absolute atomic E-state index is 13.1. The lowest BCUT2D eigenvalue weighted by Gasteiger charge is -2.38. The van der Waals surface area contributed by atoms with Crippen molar-refractivity contribution >= 4 is 0 Å². The van der Waals surface area contributed by atoms with Gasteiger partial charge in [-0.3, -0.25) is 0 Å². The van der Waals surface area contributed by atoms with Gasteiger partial charge in [-0.25, -0.2) is 4.39 Å². The first-order valence-corrected chi connectivity index (χ1v) is 5.78. The van der Waals surface area contributed by atoms with Gasteiger partial charge in [0.25, 0.3) is 0 Å². The summed E-state index contributed by atoms with van der Waals surface area (Å²) in [6, 6.07) is 4.45. The van der Waals surface area contributed by atoms with Crippen molar-refractivity contribution in [2.75, 3.05) is 0 Å². The molecule has 16 heavy (non-hydrogen) atoms. The quantitative estimate of drug-likeness (QED) is 0.835. The molecule has 1 aliphatic heterocycles. The Kier molecular flexibility index (Phi) is 2.89. The number of rotatable bonds is 2. The molecule has 2 N–H and O–H groups in total. The van der Waals surface area contributed by atoms with E-state index in [0.717, 1.165) is 30.6 Å². The van der Waals surface area contributed by atoms with Gasteiger partial charge >= 0.3 is 0 Å². The molecule has 1 unspecified atom stereocenters. The van der Waals surface area contributed by atoms with Crippen LogP contribution in [0.2, 0.25) is 0 Å². The summed E-state index contributed by atoms with van der Waals surface area (Å²) >= 11 is 0. The standard InChI is InChI=1S/C13H18FNO/c1-3-6-13(2)8-11(15)10-7-9(14)4-5-12(10)16-13/h4-5,7,11H,3,6,8,15H2,1-2H3/t11-,13?/m0/s1. The van der Waals surface area contributed by atoms with Gasteiger partial charge in [0.05, 0.1) is 0 Å². The highest BCUT2D eigenvalue weighted by molar-refractivity contribution is 5.39. The SMILES string of the molecule is CCCC1(C)C[C@H](N)c2cc(F)ccc2O1. The lowest BCUT2D eigenvalue weighted by atomic mass is 9.86. The Labute approximate surface area is 95.6 Å². The van der Waals surface area contributed by atoms with Crippen LogP contribution in [0.25, 0.3) is 0 Å². The lowest BCUT2D eigenvalue weighted by Crippen LogP contribution is -2.40. The molecule has 1 heterocycles. The fourth-order valence-electron chi connectivity index (χ4n) is 2.47. The third-order valence-electron chi connectivity index (χ3n) is 3.16. The largest absolute Gasteiger partial charge is 0.487 e. The molecule has 0 aliphatic carbocycles. The predicted molar refractivity (Wildman–Crippen MR) is 61.9 cm³/mol. The number of nitrogens with two attached hydrogens (primary N) is 1. The van der Waals surface area contributed by atoms with Crippen LogP contribution < -0.4 is 10.5 Å². The third-order valence-corrected chi connectivity index (χ3v) is 3.16. The molecule has 0 fully saturated rings. The van der Waals surface area contributed by atoms with Crippen molar-refractivity contribution in [1.29, 1.82) is 0 Å². The predicted octanol–water partition coefficient (Wildman–Crippen LogP) is 3.17. The summed E-state index contributed by atoms with van der Waals surface area (Å²) < 4.78 is 19.0. The van der Waals surface area contributed by atoms with Crippen molar-refractivity contribution in [3.8, 4) is 5.75 Å². The molecule has 2 nitrogen and oxygen atoms in total. The lowest BCUT2D eigenvalue weighted by molar-refractivity contribution is 0.0447. The minimum Gasteiger partial charge on any atom is -0.487 e. The van der Waals surface area contributed by atoms with Gasteiger partial charge in [-0.1, -0.05) is 13.3 Å². The number of hydrogen-bond donors (Lipinski definition) is 1. The Balaban J connectivity index is 2.33. The Morgan fingerprint density at radius 2 is 2.31 bits per heavy atom. The molecule has 0 amide bonds. The van der Waals surface area contributed by atoms with Crippen LogP contribution in [0.3, 0.4) is 0 Å². The summed E-state index contributed by atoms with van der Waals surface area (Å²) in [4.78, 5) is 0. The average molecular weight is 223 g/mol. The number of hydrogen-bond acceptors (Lipinski definition) is 2. The van der Waals surface area contributed by atoms with Crippen LogP contribution in [0, 0.1) is 5.82 Å². The molecule has 0 bridgehead atoms. The van der Waals surface area contributed by atoms with Crippen LogP contribution >= 0.6 is 0 Å². The van der Waals surface area contributed by atoms with Crippen molar-refractivity contribution < 1.29 is 9.13 Å². The van der Waals surface area contributed by atoms with E-state index in [4.69, 9.17) is 10.5 Å². The van der Waals surface area contributed by atoms with Crippen LogP contribution in [0.4, 0.5) is 4.39 Å². The van der Waals surface area contributed by atoms with E-state index in [1.165, 1.54) is 12.1 Å². The highest BCUT2D eigenvalue weighted by Crippen LogP contribution is 2.40. The van der Waals surface area contributed by atoms with Gasteiger partial charge in [-0.2, -0.15) is 0 Å². The summed E-state index contributed by atoms with van der Waals surface area (Å²) in [6.07, 6.45) is 2.77. The van der Waals surface area contributed by atoms with E-state index in [9.17, 15) is 4.39 Å². The monoisotopic (exact) mass is 223 g/mol. The zero-order valence-corrected chi connectivity index (χ0v) is 9.79. The molecule has 3 heteroatoms. The number of halogens is 1. The van der Waals surface area contributed by atoms with E-state index in [-0.39, 0.29) is 17.5 Å². The summed E-state index contributed by atoms with van der Waals surface area (Å²) in [6.45, 7) is 4.20. The second-order valence-electron chi connectivity index (χ2n) is 4.79. The molecular weight excluding hydrogens is 205 g/mol. The van der Waals surface area contributed by atoms with Gasteiger partial charge in [0.1, 0.15) is 17.2 Å². The zero-order chi connectivity index (χ0) is 11.8. The number of benzene rings is 1. The molecule has 0 radical (unpaired) electrons. The molecular formula is C13H18FNO. The van der Waals surface area contributed by atoms with E-state index < -0.39 is 0 Å². The second kappa shape index (κ2) is 4.06. The van der Waals surface area contributed by atoms with Gasteiger partial charge in [-0.05, 0) is 31.5 Å². The smallest absolute Gasteiger partial charge is 0.125 e. The molecule has 88 valence electrons. The van der Waals surface area contributed by atoms with E-state index >= 15 is 0 Å². The minimum atomic E-state index is -0.253. The number of ether oxygens (including phenoxy) is 1. The summed E-state index contributed by atoms with van der Waals surface area (Å²) in [5.74, 6) is 0.480. The second-order valence-corrected chi connectivity index (χ2v) is 4.79. The van der Waals surface area contributed by atoms with Gasteiger partial charge in [0, 0.05) is 18.0 Å². The van der Waals surface area contributed by atoms with Crippen LogP contribution in [0.1, 0.15) is 44.7 Å². The average Bonchev–Trinajstić information content (AvgIpc) is 2.19. The van der Waals surface area contributed by atoms with Gasteiger partial charge in [-0.15, -0.1) is 0 Å². The fraction of sp³-hybridized carbons (Fsp3) is 0.538. The molecule has 1 aromatic carbocycles.